The van der Waals surface area contributed by atoms with Crippen molar-refractivity contribution in [3.63, 3.8) is 0 Å². The minimum atomic E-state index is -0.308. The van der Waals surface area contributed by atoms with E-state index in [-0.39, 0.29) is 12.1 Å². The number of nitrogen functional groups attached to an aromatic ring is 1. The van der Waals surface area contributed by atoms with Gasteiger partial charge in [-0.05, 0) is 31.6 Å². The van der Waals surface area contributed by atoms with Crippen molar-refractivity contribution in [2.24, 2.45) is 11.8 Å². The van der Waals surface area contributed by atoms with Crippen LogP contribution < -0.4 is 16.6 Å². The number of anilines is 2. The van der Waals surface area contributed by atoms with Crippen molar-refractivity contribution >= 4 is 11.6 Å². The van der Waals surface area contributed by atoms with Crippen LogP contribution in [0.4, 0.5) is 11.6 Å². The highest BCUT2D eigenvalue weighted by Gasteiger charge is 2.34. The average molecular weight is 295 g/mol. The minimum absolute atomic E-state index is 0.0920. The van der Waals surface area contributed by atoms with Crippen LogP contribution in [0.1, 0.15) is 38.4 Å². The number of rotatable bonds is 6. The van der Waals surface area contributed by atoms with Gasteiger partial charge in [-0.3, -0.25) is 0 Å². The molecule has 118 valence electrons. The van der Waals surface area contributed by atoms with Crippen molar-refractivity contribution in [2.45, 2.75) is 44.8 Å². The van der Waals surface area contributed by atoms with E-state index < -0.39 is 0 Å². The SMILES string of the molecule is COCc1nc(NN)cc(NC2(CO)CCC(C)CC2)n1. The molecule has 1 aromatic rings. The van der Waals surface area contributed by atoms with E-state index in [1.807, 2.05) is 0 Å². The Morgan fingerprint density at radius 1 is 1.38 bits per heavy atom. The number of hydrogen-bond acceptors (Lipinski definition) is 7. The molecule has 0 atom stereocenters. The second kappa shape index (κ2) is 7.02. The molecule has 1 aliphatic rings. The van der Waals surface area contributed by atoms with Crippen LogP contribution in [0.2, 0.25) is 0 Å². The minimum Gasteiger partial charge on any atom is -0.394 e. The molecule has 7 nitrogen and oxygen atoms in total. The summed E-state index contributed by atoms with van der Waals surface area (Å²) in [6.07, 6.45) is 4.07. The van der Waals surface area contributed by atoms with Crippen molar-refractivity contribution in [1.29, 1.82) is 0 Å². The number of hydrazine groups is 1. The number of methoxy groups -OCH3 is 1. The second-order valence-corrected chi connectivity index (χ2v) is 5.88. The maximum atomic E-state index is 9.82. The molecule has 1 heterocycles. The molecule has 5 N–H and O–H groups in total. The number of aromatic nitrogens is 2. The maximum Gasteiger partial charge on any atom is 0.158 e. The van der Waals surface area contributed by atoms with Gasteiger partial charge >= 0.3 is 0 Å². The molecule has 0 aliphatic heterocycles. The number of nitrogens with one attached hydrogen (secondary N) is 2. The van der Waals surface area contributed by atoms with Crippen LogP contribution in [0.25, 0.3) is 0 Å². The van der Waals surface area contributed by atoms with Gasteiger partial charge in [0, 0.05) is 13.2 Å². The lowest BCUT2D eigenvalue weighted by Gasteiger charge is -2.39. The number of aliphatic hydroxyl groups excluding tert-OH is 1. The van der Waals surface area contributed by atoms with Gasteiger partial charge in [0.15, 0.2) is 5.82 Å². The summed E-state index contributed by atoms with van der Waals surface area (Å²) in [6.45, 7) is 2.65. The molecule has 0 unspecified atom stereocenters. The molecule has 2 rings (SSSR count). The number of ether oxygens (including phenoxy) is 1. The van der Waals surface area contributed by atoms with Crippen molar-refractivity contribution < 1.29 is 9.84 Å². The Hall–Kier alpha value is -1.44. The van der Waals surface area contributed by atoms with Crippen molar-refractivity contribution in [1.82, 2.24) is 9.97 Å². The van der Waals surface area contributed by atoms with Crippen LogP contribution in [0, 0.1) is 5.92 Å². The normalized spacial score (nSPS) is 25.6. The molecule has 21 heavy (non-hydrogen) atoms. The van der Waals surface area contributed by atoms with E-state index in [1.165, 1.54) is 0 Å². The quantitative estimate of drug-likeness (QED) is 0.462. The van der Waals surface area contributed by atoms with Gasteiger partial charge in [0.1, 0.15) is 18.2 Å². The molecule has 0 aromatic carbocycles. The van der Waals surface area contributed by atoms with Crippen molar-refractivity contribution in [3.05, 3.63) is 11.9 Å². The molecule has 7 heteroatoms. The van der Waals surface area contributed by atoms with Crippen LogP contribution >= 0.6 is 0 Å². The lowest BCUT2D eigenvalue weighted by Crippen LogP contribution is -2.45. The van der Waals surface area contributed by atoms with E-state index in [0.717, 1.165) is 25.7 Å². The molecule has 0 radical (unpaired) electrons. The molecule has 1 saturated carbocycles. The lowest BCUT2D eigenvalue weighted by atomic mass is 9.77. The standard InChI is InChI=1S/C14H25N5O2/c1-10-3-5-14(9-20,6-4-10)18-11-7-12(19-15)17-13(16-11)8-21-2/h7,10,20H,3-6,8-9,15H2,1-2H3,(H2,16,17,18,19). The van der Waals surface area contributed by atoms with E-state index in [9.17, 15) is 5.11 Å². The maximum absolute atomic E-state index is 9.82. The van der Waals surface area contributed by atoms with Crippen LogP contribution in [0.5, 0.6) is 0 Å². The van der Waals surface area contributed by atoms with Crippen LogP contribution in [-0.2, 0) is 11.3 Å². The fraction of sp³-hybridized carbons (Fsp3) is 0.714. The molecule has 1 aliphatic carbocycles. The summed E-state index contributed by atoms with van der Waals surface area (Å²) >= 11 is 0. The van der Waals surface area contributed by atoms with Gasteiger partial charge < -0.3 is 20.6 Å². The zero-order chi connectivity index (χ0) is 15.3. The Morgan fingerprint density at radius 2 is 2.05 bits per heavy atom. The smallest absolute Gasteiger partial charge is 0.158 e. The largest absolute Gasteiger partial charge is 0.394 e. The first-order valence-corrected chi connectivity index (χ1v) is 7.33. The summed E-state index contributed by atoms with van der Waals surface area (Å²) in [5.74, 6) is 7.89. The Labute approximate surface area is 125 Å². The number of nitrogens with two attached hydrogens (primary N) is 1. The summed E-state index contributed by atoms with van der Waals surface area (Å²) in [4.78, 5) is 8.64. The van der Waals surface area contributed by atoms with Crippen LogP contribution in [0.15, 0.2) is 6.07 Å². The van der Waals surface area contributed by atoms with Crippen LogP contribution in [-0.4, -0.2) is 34.3 Å². The Balaban J connectivity index is 2.18. The predicted octanol–water partition coefficient (Wildman–Crippen LogP) is 1.26. The molecule has 1 aromatic heterocycles. The van der Waals surface area contributed by atoms with Gasteiger partial charge in [-0.15, -0.1) is 0 Å². The highest BCUT2D eigenvalue weighted by Crippen LogP contribution is 2.34. The number of nitrogens with zero attached hydrogens (tertiary/aromatic N) is 2. The van der Waals surface area contributed by atoms with Crippen molar-refractivity contribution in [3.8, 4) is 0 Å². The third-order valence-corrected chi connectivity index (χ3v) is 4.12. The molecule has 0 saturated heterocycles. The van der Waals surface area contributed by atoms with Gasteiger partial charge in [0.2, 0.25) is 0 Å². The number of hydrogen-bond donors (Lipinski definition) is 4. The predicted molar refractivity (Wildman–Crippen MR) is 81.6 cm³/mol. The van der Waals surface area contributed by atoms with Gasteiger partial charge in [0.05, 0.1) is 12.1 Å². The lowest BCUT2D eigenvalue weighted by molar-refractivity contribution is 0.154. The zero-order valence-corrected chi connectivity index (χ0v) is 12.7. The molecule has 0 spiro atoms. The van der Waals surface area contributed by atoms with E-state index in [2.05, 4.69) is 27.6 Å². The first-order valence-electron chi connectivity index (χ1n) is 7.33. The topological polar surface area (TPSA) is 105 Å². The molecule has 0 bridgehead atoms. The van der Waals surface area contributed by atoms with Gasteiger partial charge in [-0.25, -0.2) is 15.8 Å². The van der Waals surface area contributed by atoms with E-state index >= 15 is 0 Å². The summed E-state index contributed by atoms with van der Waals surface area (Å²) in [5.41, 5.74) is 2.22. The molecule has 0 amide bonds. The zero-order valence-electron chi connectivity index (χ0n) is 12.7. The summed E-state index contributed by atoms with van der Waals surface area (Å²) in [5, 5.41) is 13.2. The molecule has 1 fully saturated rings. The fourth-order valence-corrected chi connectivity index (χ4v) is 2.74. The Kier molecular flexibility index (Phi) is 5.33. The van der Waals surface area contributed by atoms with E-state index in [0.29, 0.717) is 30.0 Å². The number of aliphatic hydroxyl groups is 1. The van der Waals surface area contributed by atoms with Crippen molar-refractivity contribution in [2.75, 3.05) is 24.5 Å². The van der Waals surface area contributed by atoms with Gasteiger partial charge in [-0.1, -0.05) is 6.92 Å². The third-order valence-electron chi connectivity index (χ3n) is 4.12. The monoisotopic (exact) mass is 295 g/mol. The summed E-state index contributed by atoms with van der Waals surface area (Å²) in [6, 6.07) is 1.74. The van der Waals surface area contributed by atoms with Gasteiger partial charge in [0.25, 0.3) is 0 Å². The molecular formula is C14H25N5O2. The second-order valence-electron chi connectivity index (χ2n) is 5.88. The van der Waals surface area contributed by atoms with Gasteiger partial charge in [-0.2, -0.15) is 0 Å². The van der Waals surface area contributed by atoms with E-state index in [1.54, 1.807) is 13.2 Å². The Bertz CT molecular complexity index is 461. The fourth-order valence-electron chi connectivity index (χ4n) is 2.74. The van der Waals surface area contributed by atoms with Crippen LogP contribution in [0.3, 0.4) is 0 Å². The molecular weight excluding hydrogens is 270 g/mol. The average Bonchev–Trinajstić information content (AvgIpc) is 2.50. The summed E-state index contributed by atoms with van der Waals surface area (Å²) in [7, 11) is 1.59. The van der Waals surface area contributed by atoms with E-state index in [4.69, 9.17) is 10.6 Å². The highest BCUT2D eigenvalue weighted by molar-refractivity contribution is 5.48. The third kappa shape index (κ3) is 4.03. The highest BCUT2D eigenvalue weighted by atomic mass is 16.5. The Morgan fingerprint density at radius 3 is 2.62 bits per heavy atom. The summed E-state index contributed by atoms with van der Waals surface area (Å²) < 4.78 is 5.07. The first-order chi connectivity index (χ1) is 10.1. The first kappa shape index (κ1) is 15.9.